The van der Waals surface area contributed by atoms with Crippen LogP contribution < -0.4 is 5.73 Å². The van der Waals surface area contributed by atoms with Crippen molar-refractivity contribution < 1.29 is 13.2 Å². The first-order chi connectivity index (χ1) is 13.4. The van der Waals surface area contributed by atoms with Crippen LogP contribution in [0, 0.1) is 6.92 Å². The summed E-state index contributed by atoms with van der Waals surface area (Å²) >= 11 is 0. The predicted octanol–water partition coefficient (Wildman–Crippen LogP) is 3.65. The molecule has 3 aromatic rings. The lowest BCUT2D eigenvalue weighted by Crippen LogP contribution is -2.38. The summed E-state index contributed by atoms with van der Waals surface area (Å²) < 4.78 is 27.4. The predicted molar refractivity (Wildman–Crippen MR) is 110 cm³/mol. The standard InChI is InChI=1S/C22H22N2O3S/c1-17-7-13-21(14-8-17)28(26,27)24(22(25)19-5-3-2-4-6-19)16-15-18-9-11-20(23)12-10-18/h2-14H,15-16,23H2,1H3. The lowest BCUT2D eigenvalue weighted by molar-refractivity contribution is 0.0862. The Labute approximate surface area is 165 Å². The van der Waals surface area contributed by atoms with E-state index in [-0.39, 0.29) is 11.4 Å². The molecule has 5 nitrogen and oxygen atoms in total. The van der Waals surface area contributed by atoms with Gasteiger partial charge in [0.05, 0.1) is 4.90 Å². The summed E-state index contributed by atoms with van der Waals surface area (Å²) in [5.74, 6) is -0.545. The Bertz CT molecular complexity index is 1050. The van der Waals surface area contributed by atoms with E-state index in [1.54, 1.807) is 54.6 Å². The van der Waals surface area contributed by atoms with Gasteiger partial charge in [-0.2, -0.15) is 0 Å². The maximum Gasteiger partial charge on any atom is 0.267 e. The molecule has 144 valence electrons. The third kappa shape index (κ3) is 4.40. The highest BCUT2D eigenvalue weighted by Gasteiger charge is 2.29. The number of sulfonamides is 1. The number of benzene rings is 3. The van der Waals surface area contributed by atoms with Crippen LogP contribution in [0.4, 0.5) is 5.69 Å². The maximum absolute atomic E-state index is 13.2. The number of carbonyl (C=O) groups is 1. The Balaban J connectivity index is 1.94. The summed E-state index contributed by atoms with van der Waals surface area (Å²) in [5, 5.41) is 0. The lowest BCUT2D eigenvalue weighted by atomic mass is 10.1. The number of hydrogen-bond donors (Lipinski definition) is 1. The fourth-order valence-corrected chi connectivity index (χ4v) is 4.20. The number of nitrogens with two attached hydrogens (primary N) is 1. The molecule has 0 bridgehead atoms. The summed E-state index contributed by atoms with van der Waals surface area (Å²) in [6.07, 6.45) is 0.393. The van der Waals surface area contributed by atoms with Crippen molar-refractivity contribution in [3.8, 4) is 0 Å². The van der Waals surface area contributed by atoms with Crippen LogP contribution in [0.1, 0.15) is 21.5 Å². The number of anilines is 1. The maximum atomic E-state index is 13.2. The molecule has 2 N–H and O–H groups in total. The van der Waals surface area contributed by atoms with Crippen LogP contribution in [0.25, 0.3) is 0 Å². The van der Waals surface area contributed by atoms with Gasteiger partial charge in [0.2, 0.25) is 0 Å². The van der Waals surface area contributed by atoms with Crippen molar-refractivity contribution in [1.82, 2.24) is 4.31 Å². The van der Waals surface area contributed by atoms with E-state index >= 15 is 0 Å². The minimum absolute atomic E-state index is 0.0356. The van der Waals surface area contributed by atoms with Gasteiger partial charge in [0.25, 0.3) is 15.9 Å². The van der Waals surface area contributed by atoms with Gasteiger partial charge in [-0.15, -0.1) is 0 Å². The van der Waals surface area contributed by atoms with Gasteiger partial charge >= 0.3 is 0 Å². The Morgan fingerprint density at radius 3 is 2.11 bits per heavy atom. The van der Waals surface area contributed by atoms with Crippen LogP contribution in [0.5, 0.6) is 0 Å². The summed E-state index contributed by atoms with van der Waals surface area (Å²) in [6.45, 7) is 1.91. The highest BCUT2D eigenvalue weighted by atomic mass is 32.2. The molecule has 0 radical (unpaired) electrons. The zero-order valence-electron chi connectivity index (χ0n) is 15.6. The average Bonchev–Trinajstić information content (AvgIpc) is 2.70. The molecule has 0 unspecified atom stereocenters. The summed E-state index contributed by atoms with van der Waals surface area (Å²) in [7, 11) is -3.98. The van der Waals surface area contributed by atoms with Crippen LogP contribution in [-0.4, -0.2) is 25.2 Å². The third-order valence-corrected chi connectivity index (χ3v) is 6.24. The zero-order valence-corrected chi connectivity index (χ0v) is 16.4. The molecule has 0 saturated carbocycles. The van der Waals surface area contributed by atoms with E-state index in [1.165, 1.54) is 12.1 Å². The van der Waals surface area contributed by atoms with Crippen molar-refractivity contribution in [2.24, 2.45) is 0 Å². The molecule has 0 spiro atoms. The summed E-state index contributed by atoms with van der Waals surface area (Å²) in [6, 6.07) is 22.1. The molecule has 0 aliphatic carbocycles. The fourth-order valence-electron chi connectivity index (χ4n) is 2.81. The fraction of sp³-hybridized carbons (Fsp3) is 0.136. The van der Waals surface area contributed by atoms with Gasteiger partial charge in [0.15, 0.2) is 0 Å². The van der Waals surface area contributed by atoms with Crippen LogP contribution in [0.15, 0.2) is 83.8 Å². The number of aryl methyl sites for hydroxylation is 1. The quantitative estimate of drug-likeness (QED) is 0.647. The van der Waals surface area contributed by atoms with E-state index in [9.17, 15) is 13.2 Å². The average molecular weight is 394 g/mol. The molecule has 0 aliphatic rings. The van der Waals surface area contributed by atoms with Crippen molar-refractivity contribution in [2.45, 2.75) is 18.2 Å². The number of nitrogen functional groups attached to an aromatic ring is 1. The molecule has 28 heavy (non-hydrogen) atoms. The van der Waals surface area contributed by atoms with Crippen LogP contribution in [-0.2, 0) is 16.4 Å². The first-order valence-corrected chi connectivity index (χ1v) is 10.3. The van der Waals surface area contributed by atoms with E-state index in [0.717, 1.165) is 15.4 Å². The molecule has 3 aromatic carbocycles. The van der Waals surface area contributed by atoms with Crippen molar-refractivity contribution in [2.75, 3.05) is 12.3 Å². The van der Waals surface area contributed by atoms with Crippen LogP contribution in [0.2, 0.25) is 0 Å². The second-order valence-electron chi connectivity index (χ2n) is 6.55. The van der Waals surface area contributed by atoms with E-state index in [1.807, 2.05) is 19.1 Å². The lowest BCUT2D eigenvalue weighted by Gasteiger charge is -2.23. The van der Waals surface area contributed by atoms with Crippen LogP contribution >= 0.6 is 0 Å². The second-order valence-corrected chi connectivity index (χ2v) is 8.42. The minimum Gasteiger partial charge on any atom is -0.399 e. The molecule has 0 aromatic heterocycles. The van der Waals surface area contributed by atoms with Gasteiger partial charge in [-0.1, -0.05) is 48.0 Å². The largest absolute Gasteiger partial charge is 0.399 e. The van der Waals surface area contributed by atoms with Crippen molar-refractivity contribution in [3.05, 3.63) is 95.6 Å². The molecular weight excluding hydrogens is 372 g/mol. The van der Waals surface area contributed by atoms with E-state index in [4.69, 9.17) is 5.73 Å². The highest BCUT2D eigenvalue weighted by molar-refractivity contribution is 7.89. The summed E-state index contributed by atoms with van der Waals surface area (Å²) in [4.78, 5) is 13.1. The Morgan fingerprint density at radius 2 is 1.50 bits per heavy atom. The SMILES string of the molecule is Cc1ccc(S(=O)(=O)N(CCc2ccc(N)cc2)C(=O)c2ccccc2)cc1. The molecule has 6 heteroatoms. The van der Waals surface area contributed by atoms with Gasteiger partial charge in [-0.05, 0) is 55.3 Å². The monoisotopic (exact) mass is 394 g/mol. The second kappa shape index (κ2) is 8.27. The number of amides is 1. The summed E-state index contributed by atoms with van der Waals surface area (Å²) in [5.41, 5.74) is 8.51. The van der Waals surface area contributed by atoms with E-state index in [2.05, 4.69) is 0 Å². The van der Waals surface area contributed by atoms with Gasteiger partial charge in [-0.3, -0.25) is 4.79 Å². The molecule has 0 saturated heterocycles. The van der Waals surface area contributed by atoms with Gasteiger partial charge < -0.3 is 5.73 Å². The topological polar surface area (TPSA) is 80.5 Å². The molecule has 1 amide bonds. The number of hydrogen-bond acceptors (Lipinski definition) is 4. The smallest absolute Gasteiger partial charge is 0.267 e. The normalized spacial score (nSPS) is 11.2. The van der Waals surface area contributed by atoms with E-state index in [0.29, 0.717) is 17.7 Å². The zero-order chi connectivity index (χ0) is 20.1. The molecule has 0 fully saturated rings. The van der Waals surface area contributed by atoms with Crippen molar-refractivity contribution in [3.63, 3.8) is 0 Å². The van der Waals surface area contributed by atoms with E-state index < -0.39 is 15.9 Å². The Morgan fingerprint density at radius 1 is 0.893 bits per heavy atom. The van der Waals surface area contributed by atoms with Gasteiger partial charge in [0, 0.05) is 17.8 Å². The Kier molecular flexibility index (Phi) is 5.80. The molecule has 0 atom stereocenters. The van der Waals surface area contributed by atoms with Crippen molar-refractivity contribution in [1.29, 1.82) is 0 Å². The number of nitrogens with zero attached hydrogens (tertiary/aromatic N) is 1. The first-order valence-electron chi connectivity index (χ1n) is 8.91. The van der Waals surface area contributed by atoms with Gasteiger partial charge in [0.1, 0.15) is 0 Å². The molecule has 0 aliphatic heterocycles. The number of rotatable bonds is 6. The third-order valence-electron chi connectivity index (χ3n) is 4.44. The highest BCUT2D eigenvalue weighted by Crippen LogP contribution is 2.20. The Hall–Kier alpha value is -3.12. The first kappa shape index (κ1) is 19.6. The van der Waals surface area contributed by atoms with Gasteiger partial charge in [-0.25, -0.2) is 12.7 Å². The number of carbonyl (C=O) groups excluding carboxylic acids is 1. The minimum atomic E-state index is -3.98. The van der Waals surface area contributed by atoms with Crippen molar-refractivity contribution >= 4 is 21.6 Å². The molecular formula is C22H22N2O3S. The van der Waals surface area contributed by atoms with Crippen LogP contribution in [0.3, 0.4) is 0 Å². The molecule has 3 rings (SSSR count). The molecule has 0 heterocycles.